The van der Waals surface area contributed by atoms with Gasteiger partial charge in [0.25, 0.3) is 0 Å². The highest BCUT2D eigenvalue weighted by Crippen LogP contribution is 2.22. The second-order valence-corrected chi connectivity index (χ2v) is 5.72. The van der Waals surface area contributed by atoms with Gasteiger partial charge in [-0.05, 0) is 46.5 Å². The van der Waals surface area contributed by atoms with Gasteiger partial charge in [-0.1, -0.05) is 13.8 Å². The van der Waals surface area contributed by atoms with Gasteiger partial charge in [-0.15, -0.1) is 0 Å². The van der Waals surface area contributed by atoms with Crippen LogP contribution in [0.1, 0.15) is 60.3 Å². The molecule has 0 aliphatic carbocycles. The third-order valence-electron chi connectivity index (χ3n) is 3.76. The highest BCUT2D eigenvalue weighted by molar-refractivity contribution is 4.75. The molecule has 3 unspecified atom stereocenters. The smallest absolute Gasteiger partial charge is 0.0675 e. The quantitative estimate of drug-likeness (QED) is 0.760. The van der Waals surface area contributed by atoms with E-state index in [9.17, 15) is 0 Å². The SMILES string of the molecule is CCC(CC)NCC(C)OC1CC(C)OC(C)C1. The predicted molar refractivity (Wildman–Crippen MR) is 76.0 cm³/mol. The topological polar surface area (TPSA) is 30.5 Å². The van der Waals surface area contributed by atoms with Crippen molar-refractivity contribution in [2.45, 2.75) is 90.8 Å². The fourth-order valence-corrected chi connectivity index (χ4v) is 2.74. The lowest BCUT2D eigenvalue weighted by atomic mass is 10.0. The third-order valence-corrected chi connectivity index (χ3v) is 3.76. The van der Waals surface area contributed by atoms with Crippen LogP contribution in [0.3, 0.4) is 0 Å². The Bertz CT molecular complexity index is 209. The van der Waals surface area contributed by atoms with E-state index in [1.54, 1.807) is 0 Å². The van der Waals surface area contributed by atoms with Crippen LogP contribution in [-0.4, -0.2) is 37.0 Å². The molecule has 108 valence electrons. The maximum Gasteiger partial charge on any atom is 0.0675 e. The van der Waals surface area contributed by atoms with Gasteiger partial charge in [-0.3, -0.25) is 0 Å². The highest BCUT2D eigenvalue weighted by Gasteiger charge is 2.26. The van der Waals surface area contributed by atoms with Crippen molar-refractivity contribution in [3.8, 4) is 0 Å². The molecule has 0 aromatic heterocycles. The fraction of sp³-hybridized carbons (Fsp3) is 1.00. The van der Waals surface area contributed by atoms with Gasteiger partial charge in [0.1, 0.15) is 0 Å². The zero-order chi connectivity index (χ0) is 13.5. The van der Waals surface area contributed by atoms with Crippen LogP contribution in [0.4, 0.5) is 0 Å². The number of hydrogen-bond acceptors (Lipinski definition) is 3. The van der Waals surface area contributed by atoms with Gasteiger partial charge in [0.2, 0.25) is 0 Å². The molecule has 3 nitrogen and oxygen atoms in total. The Hall–Kier alpha value is -0.120. The van der Waals surface area contributed by atoms with Crippen molar-refractivity contribution in [3.05, 3.63) is 0 Å². The summed E-state index contributed by atoms with van der Waals surface area (Å²) in [5, 5.41) is 3.57. The maximum absolute atomic E-state index is 6.13. The lowest BCUT2D eigenvalue weighted by Crippen LogP contribution is -2.40. The monoisotopic (exact) mass is 257 g/mol. The van der Waals surface area contributed by atoms with Crippen LogP contribution in [0, 0.1) is 0 Å². The minimum Gasteiger partial charge on any atom is -0.375 e. The zero-order valence-electron chi connectivity index (χ0n) is 12.7. The number of ether oxygens (including phenoxy) is 2. The highest BCUT2D eigenvalue weighted by atomic mass is 16.5. The van der Waals surface area contributed by atoms with Crippen LogP contribution in [0.15, 0.2) is 0 Å². The summed E-state index contributed by atoms with van der Waals surface area (Å²) in [6.45, 7) is 11.9. The van der Waals surface area contributed by atoms with Gasteiger partial charge >= 0.3 is 0 Å². The van der Waals surface area contributed by atoms with Crippen molar-refractivity contribution < 1.29 is 9.47 Å². The Morgan fingerprint density at radius 3 is 2.22 bits per heavy atom. The normalized spacial score (nSPS) is 30.7. The van der Waals surface area contributed by atoms with Crippen LogP contribution in [0.5, 0.6) is 0 Å². The molecule has 3 atom stereocenters. The Balaban J connectivity index is 2.24. The minimum atomic E-state index is 0.285. The molecule has 1 rings (SSSR count). The maximum atomic E-state index is 6.13. The van der Waals surface area contributed by atoms with Crippen LogP contribution < -0.4 is 5.32 Å². The summed E-state index contributed by atoms with van der Waals surface area (Å²) < 4.78 is 11.9. The molecular formula is C15H31NO2. The van der Waals surface area contributed by atoms with Crippen molar-refractivity contribution in [2.24, 2.45) is 0 Å². The van der Waals surface area contributed by atoms with Crippen LogP contribution in [0.2, 0.25) is 0 Å². The first-order valence-electron chi connectivity index (χ1n) is 7.59. The molecule has 1 aliphatic rings. The molecule has 1 heterocycles. The van der Waals surface area contributed by atoms with Gasteiger partial charge in [-0.2, -0.15) is 0 Å². The molecule has 0 bridgehead atoms. The molecule has 1 N–H and O–H groups in total. The van der Waals surface area contributed by atoms with Gasteiger partial charge in [0.15, 0.2) is 0 Å². The van der Waals surface area contributed by atoms with Crippen molar-refractivity contribution in [1.29, 1.82) is 0 Å². The molecule has 0 aromatic rings. The number of nitrogens with one attached hydrogen (secondary N) is 1. The zero-order valence-corrected chi connectivity index (χ0v) is 12.7. The first-order chi connectivity index (χ1) is 8.55. The first-order valence-corrected chi connectivity index (χ1v) is 7.59. The van der Waals surface area contributed by atoms with E-state index in [1.165, 1.54) is 12.8 Å². The molecule has 1 fully saturated rings. The molecular weight excluding hydrogens is 226 g/mol. The molecule has 0 aromatic carbocycles. The van der Waals surface area contributed by atoms with E-state index in [0.29, 0.717) is 24.4 Å². The second kappa shape index (κ2) is 8.13. The minimum absolute atomic E-state index is 0.285. The van der Waals surface area contributed by atoms with Gasteiger partial charge in [0.05, 0.1) is 24.4 Å². The third kappa shape index (κ3) is 5.68. The van der Waals surface area contributed by atoms with E-state index in [4.69, 9.17) is 9.47 Å². The summed E-state index contributed by atoms with van der Waals surface area (Å²) >= 11 is 0. The first kappa shape index (κ1) is 15.9. The molecule has 18 heavy (non-hydrogen) atoms. The van der Waals surface area contributed by atoms with Crippen LogP contribution in [-0.2, 0) is 9.47 Å². The van der Waals surface area contributed by atoms with E-state index in [2.05, 4.69) is 39.9 Å². The van der Waals surface area contributed by atoms with E-state index in [-0.39, 0.29) is 6.10 Å². The Morgan fingerprint density at radius 2 is 1.72 bits per heavy atom. The molecule has 0 saturated carbocycles. The van der Waals surface area contributed by atoms with Crippen molar-refractivity contribution in [3.63, 3.8) is 0 Å². The van der Waals surface area contributed by atoms with Gasteiger partial charge in [-0.25, -0.2) is 0 Å². The van der Waals surface area contributed by atoms with Crippen LogP contribution in [0.25, 0.3) is 0 Å². The average molecular weight is 257 g/mol. The van der Waals surface area contributed by atoms with E-state index in [1.807, 2.05) is 0 Å². The average Bonchev–Trinajstić information content (AvgIpc) is 2.28. The summed E-state index contributed by atoms with van der Waals surface area (Å²) in [5.41, 5.74) is 0. The number of rotatable bonds is 7. The lowest BCUT2D eigenvalue weighted by Gasteiger charge is -2.34. The molecule has 0 radical (unpaired) electrons. The van der Waals surface area contributed by atoms with Crippen LogP contribution >= 0.6 is 0 Å². The molecule has 0 spiro atoms. The standard InChI is InChI=1S/C15H31NO2/c1-6-14(7-2)16-10-13(5)18-15-8-11(3)17-12(4)9-15/h11-16H,6-10H2,1-5H3. The number of hydrogen-bond donors (Lipinski definition) is 1. The van der Waals surface area contributed by atoms with E-state index in [0.717, 1.165) is 19.4 Å². The molecule has 1 aliphatic heterocycles. The fourth-order valence-electron chi connectivity index (χ4n) is 2.74. The summed E-state index contributed by atoms with van der Waals surface area (Å²) in [7, 11) is 0. The van der Waals surface area contributed by atoms with E-state index >= 15 is 0 Å². The Kier molecular flexibility index (Phi) is 7.20. The largest absolute Gasteiger partial charge is 0.375 e. The Morgan fingerprint density at radius 1 is 1.17 bits per heavy atom. The summed E-state index contributed by atoms with van der Waals surface area (Å²) in [5.74, 6) is 0. The molecule has 0 amide bonds. The van der Waals surface area contributed by atoms with E-state index < -0.39 is 0 Å². The lowest BCUT2D eigenvalue weighted by molar-refractivity contribution is -0.117. The van der Waals surface area contributed by atoms with Crippen molar-refractivity contribution in [2.75, 3.05) is 6.54 Å². The second-order valence-electron chi connectivity index (χ2n) is 5.72. The Labute approximate surface area is 113 Å². The summed E-state index contributed by atoms with van der Waals surface area (Å²) in [4.78, 5) is 0. The molecule has 1 saturated heterocycles. The van der Waals surface area contributed by atoms with Gasteiger partial charge < -0.3 is 14.8 Å². The van der Waals surface area contributed by atoms with Crippen molar-refractivity contribution >= 4 is 0 Å². The predicted octanol–water partition coefficient (Wildman–Crippen LogP) is 3.13. The van der Waals surface area contributed by atoms with Gasteiger partial charge in [0, 0.05) is 12.6 Å². The summed E-state index contributed by atoms with van der Waals surface area (Å²) in [6, 6.07) is 0.628. The summed E-state index contributed by atoms with van der Waals surface area (Å²) in [6.07, 6.45) is 5.74. The molecule has 3 heteroatoms. The van der Waals surface area contributed by atoms with Crippen molar-refractivity contribution in [1.82, 2.24) is 5.32 Å².